The van der Waals surface area contributed by atoms with Crippen molar-refractivity contribution in [3.8, 4) is 0 Å². The van der Waals surface area contributed by atoms with Crippen LogP contribution in [0.2, 0.25) is 0 Å². The first-order valence-electron chi connectivity index (χ1n) is 14.2. The van der Waals surface area contributed by atoms with Gasteiger partial charge in [0.25, 0.3) is 0 Å². The molecule has 264 valence electrons. The van der Waals surface area contributed by atoms with E-state index in [4.69, 9.17) is 52.1 Å². The second-order valence-corrected chi connectivity index (χ2v) is 10.3. The average Bonchev–Trinajstić information content (AvgIpc) is 2.91. The van der Waals surface area contributed by atoms with Gasteiger partial charge in [-0.1, -0.05) is 0 Å². The maximum Gasteiger partial charge on any atom is 0.305 e. The molecule has 0 aromatic carbocycles. The third-order valence-corrected chi connectivity index (χ3v) is 6.17. The van der Waals surface area contributed by atoms with Crippen LogP contribution >= 0.6 is 0 Å². The Morgan fingerprint density at radius 1 is 0.383 bits per heavy atom. The van der Waals surface area contributed by atoms with Crippen molar-refractivity contribution in [3.05, 3.63) is 0 Å². The number of hydrogen-bond acceptors (Lipinski definition) is 19. The van der Waals surface area contributed by atoms with Gasteiger partial charge in [0.15, 0.2) is 30.7 Å². The standard InChI is InChI=1S/C28H38O19/c1-11(29)37-9-19-21(39-13(3)31)23(40-14(4)32)26(43-17(7)35)28(46-19)47-22-20(10-38-12(2)30)45-27(44-18(8)36)25(42-16(6)34)24(22)41-15(5)33/h19-28H,9-10H2,1-8H3/t19?,20?,21?,22?,23?,24?,25?,26?,27-,28?/m0/s1. The Morgan fingerprint density at radius 3 is 1.11 bits per heavy atom. The molecule has 2 heterocycles. The zero-order chi connectivity index (χ0) is 35.6. The molecule has 2 saturated heterocycles. The van der Waals surface area contributed by atoms with Gasteiger partial charge >= 0.3 is 47.8 Å². The SMILES string of the molecule is CC(=O)OCC1OC(OC2C(COC(C)=O)O[C@H](OC(C)=O)C(OC(C)=O)C2OC(C)=O)C(OC(C)=O)C(OC(C)=O)C1OC(C)=O. The molecule has 0 saturated carbocycles. The fraction of sp³-hybridized carbons (Fsp3) is 0.714. The molecule has 0 spiro atoms. The van der Waals surface area contributed by atoms with Crippen molar-refractivity contribution in [2.24, 2.45) is 0 Å². The van der Waals surface area contributed by atoms with Gasteiger partial charge in [0, 0.05) is 55.4 Å². The van der Waals surface area contributed by atoms with Crippen molar-refractivity contribution in [1.82, 2.24) is 0 Å². The number of carbonyl (C=O) groups is 8. The molecule has 0 aromatic heterocycles. The number of ether oxygens (including phenoxy) is 11. The van der Waals surface area contributed by atoms with Gasteiger partial charge in [-0.2, -0.15) is 0 Å². The van der Waals surface area contributed by atoms with Gasteiger partial charge in [0.1, 0.15) is 31.5 Å². The van der Waals surface area contributed by atoms with Crippen molar-refractivity contribution in [1.29, 1.82) is 0 Å². The van der Waals surface area contributed by atoms with Crippen LogP contribution < -0.4 is 0 Å². The summed E-state index contributed by atoms with van der Waals surface area (Å²) in [6.45, 7) is 7.05. The summed E-state index contributed by atoms with van der Waals surface area (Å²) in [7, 11) is 0. The van der Waals surface area contributed by atoms with Crippen molar-refractivity contribution >= 4 is 47.8 Å². The van der Waals surface area contributed by atoms with Crippen LogP contribution in [0.5, 0.6) is 0 Å². The van der Waals surface area contributed by atoms with Gasteiger partial charge < -0.3 is 52.1 Å². The van der Waals surface area contributed by atoms with Crippen molar-refractivity contribution in [3.63, 3.8) is 0 Å². The first kappa shape index (κ1) is 38.8. The first-order valence-corrected chi connectivity index (χ1v) is 14.2. The summed E-state index contributed by atoms with van der Waals surface area (Å²) in [5.41, 5.74) is 0. The molecule has 0 bridgehead atoms. The molecule has 0 aliphatic carbocycles. The molecule has 0 radical (unpaired) electrons. The van der Waals surface area contributed by atoms with Crippen LogP contribution in [-0.4, -0.2) is 122 Å². The predicted octanol–water partition coefficient (Wildman–Crippen LogP) is -0.831. The highest BCUT2D eigenvalue weighted by Crippen LogP contribution is 2.35. The topological polar surface area (TPSA) is 238 Å². The summed E-state index contributed by atoms with van der Waals surface area (Å²) < 4.78 is 60.2. The van der Waals surface area contributed by atoms with Crippen LogP contribution in [0.25, 0.3) is 0 Å². The molecule has 0 aromatic rings. The highest BCUT2D eigenvalue weighted by Gasteiger charge is 2.58. The number of hydrogen-bond donors (Lipinski definition) is 0. The molecule has 19 heteroatoms. The number of rotatable bonds is 12. The Bertz CT molecular complexity index is 1200. The van der Waals surface area contributed by atoms with Gasteiger partial charge in [-0.15, -0.1) is 0 Å². The third-order valence-electron chi connectivity index (χ3n) is 6.17. The minimum Gasteiger partial charge on any atom is -0.463 e. The molecule has 2 aliphatic rings. The maximum absolute atomic E-state index is 12.3. The first-order chi connectivity index (χ1) is 21.9. The van der Waals surface area contributed by atoms with Gasteiger partial charge in [-0.3, -0.25) is 38.4 Å². The Morgan fingerprint density at radius 2 is 0.702 bits per heavy atom. The van der Waals surface area contributed by atoms with E-state index in [0.717, 1.165) is 55.4 Å². The van der Waals surface area contributed by atoms with Gasteiger partial charge in [0.2, 0.25) is 12.4 Å². The Kier molecular flexibility index (Phi) is 14.5. The lowest BCUT2D eigenvalue weighted by Crippen LogP contribution is -2.67. The van der Waals surface area contributed by atoms with Crippen LogP contribution in [0.15, 0.2) is 0 Å². The minimum absolute atomic E-state index is 0.590. The molecule has 2 rings (SSSR count). The summed E-state index contributed by atoms with van der Waals surface area (Å²) in [6, 6.07) is 0. The molecule has 10 atom stereocenters. The van der Waals surface area contributed by atoms with Crippen LogP contribution in [0.4, 0.5) is 0 Å². The van der Waals surface area contributed by atoms with Crippen LogP contribution in [0, 0.1) is 0 Å². The van der Waals surface area contributed by atoms with Gasteiger partial charge in [0.05, 0.1) is 0 Å². The van der Waals surface area contributed by atoms with E-state index in [1.165, 1.54) is 0 Å². The van der Waals surface area contributed by atoms with E-state index in [9.17, 15) is 38.4 Å². The van der Waals surface area contributed by atoms with E-state index in [1.807, 2.05) is 0 Å². The average molecular weight is 679 g/mol. The summed E-state index contributed by atoms with van der Waals surface area (Å²) in [5, 5.41) is 0. The summed E-state index contributed by atoms with van der Waals surface area (Å²) in [6.07, 6.45) is -16.3. The highest BCUT2D eigenvalue weighted by molar-refractivity contribution is 5.70. The molecule has 0 N–H and O–H groups in total. The third kappa shape index (κ3) is 12.1. The second kappa shape index (κ2) is 17.5. The Hall–Kier alpha value is -4.36. The van der Waals surface area contributed by atoms with E-state index in [2.05, 4.69) is 0 Å². The number of carbonyl (C=O) groups excluding carboxylic acids is 8. The minimum atomic E-state index is -1.83. The lowest BCUT2D eigenvalue weighted by atomic mass is 9.96. The summed E-state index contributed by atoms with van der Waals surface area (Å²) >= 11 is 0. The molecule has 2 aliphatic heterocycles. The molecule has 0 amide bonds. The molecule has 2 fully saturated rings. The fourth-order valence-electron chi connectivity index (χ4n) is 4.73. The lowest BCUT2D eigenvalue weighted by Gasteiger charge is -2.48. The zero-order valence-electron chi connectivity index (χ0n) is 26.9. The molecule has 9 unspecified atom stereocenters. The summed E-state index contributed by atoms with van der Waals surface area (Å²) in [4.78, 5) is 96.3. The van der Waals surface area contributed by atoms with Crippen molar-refractivity contribution in [2.75, 3.05) is 13.2 Å². The fourth-order valence-corrected chi connectivity index (χ4v) is 4.73. The van der Waals surface area contributed by atoms with E-state index in [0.29, 0.717) is 0 Å². The smallest absolute Gasteiger partial charge is 0.305 e. The van der Waals surface area contributed by atoms with E-state index in [1.54, 1.807) is 0 Å². The Balaban J connectivity index is 2.73. The number of esters is 8. The highest BCUT2D eigenvalue weighted by atomic mass is 16.8. The second-order valence-electron chi connectivity index (χ2n) is 10.3. The summed E-state index contributed by atoms with van der Waals surface area (Å²) in [5.74, 6) is -7.02. The van der Waals surface area contributed by atoms with Gasteiger partial charge in [-0.25, -0.2) is 0 Å². The van der Waals surface area contributed by atoms with E-state index < -0.39 is 122 Å². The molecular formula is C28H38O19. The lowest BCUT2D eigenvalue weighted by molar-refractivity contribution is -0.357. The van der Waals surface area contributed by atoms with E-state index in [-0.39, 0.29) is 0 Å². The predicted molar refractivity (Wildman–Crippen MR) is 145 cm³/mol. The largest absolute Gasteiger partial charge is 0.463 e. The van der Waals surface area contributed by atoms with Crippen LogP contribution in [-0.2, 0) is 90.5 Å². The molecule has 47 heavy (non-hydrogen) atoms. The normalized spacial score (nSPS) is 30.0. The Labute approximate surface area is 268 Å². The van der Waals surface area contributed by atoms with Crippen molar-refractivity contribution < 1.29 is 90.5 Å². The van der Waals surface area contributed by atoms with Gasteiger partial charge in [-0.05, 0) is 0 Å². The van der Waals surface area contributed by atoms with Crippen LogP contribution in [0.1, 0.15) is 55.4 Å². The monoisotopic (exact) mass is 678 g/mol. The molecule has 19 nitrogen and oxygen atoms in total. The zero-order valence-corrected chi connectivity index (χ0v) is 26.9. The van der Waals surface area contributed by atoms with Crippen molar-refractivity contribution in [2.45, 2.75) is 117 Å². The maximum atomic E-state index is 12.3. The quantitative estimate of drug-likeness (QED) is 0.181. The van der Waals surface area contributed by atoms with E-state index >= 15 is 0 Å². The van der Waals surface area contributed by atoms with Crippen LogP contribution in [0.3, 0.4) is 0 Å². The molecular weight excluding hydrogens is 640 g/mol.